The number of hydrogen-bond donors (Lipinski definition) is 4. The van der Waals surface area contributed by atoms with Gasteiger partial charge < -0.3 is 22.5 Å². The van der Waals surface area contributed by atoms with Crippen LogP contribution in [0, 0.1) is 0 Å². The number of anilines is 3. The van der Waals surface area contributed by atoms with Crippen molar-refractivity contribution in [2.45, 2.75) is 0 Å². The molecule has 0 aliphatic heterocycles. The number of nitrogen functional groups attached to an aromatic ring is 2. The lowest BCUT2D eigenvalue weighted by molar-refractivity contribution is 0.0996. The molecule has 2 aromatic carbocycles. The van der Waals surface area contributed by atoms with E-state index in [0.717, 1.165) is 0 Å². The van der Waals surface area contributed by atoms with Crippen LogP contribution in [0.4, 0.5) is 17.1 Å². The number of carbonyl (C=O) groups excluding carboxylic acids is 2. The summed E-state index contributed by atoms with van der Waals surface area (Å²) in [5.41, 5.74) is 18.2. The molecule has 2 aromatic rings. The minimum Gasteiger partial charge on any atom is -0.397 e. The second-order valence-electron chi connectivity index (χ2n) is 4.21. The molecule has 20 heavy (non-hydrogen) atoms. The maximum atomic E-state index is 12.1. The van der Waals surface area contributed by atoms with Gasteiger partial charge in [0.2, 0.25) is 5.91 Å². The lowest BCUT2D eigenvalue weighted by Gasteiger charge is -2.09. The molecule has 0 atom stereocenters. The third-order valence-electron chi connectivity index (χ3n) is 2.79. The molecule has 6 heteroatoms. The summed E-state index contributed by atoms with van der Waals surface area (Å²) in [5, 5.41) is 2.64. The Morgan fingerprint density at radius 1 is 1.00 bits per heavy atom. The summed E-state index contributed by atoms with van der Waals surface area (Å²) in [4.78, 5) is 23.2. The van der Waals surface area contributed by atoms with Crippen molar-refractivity contribution in [1.29, 1.82) is 0 Å². The number of hydrogen-bond acceptors (Lipinski definition) is 4. The summed E-state index contributed by atoms with van der Waals surface area (Å²) in [6.07, 6.45) is 0. The summed E-state index contributed by atoms with van der Waals surface area (Å²) >= 11 is 0. The van der Waals surface area contributed by atoms with Crippen molar-refractivity contribution in [3.63, 3.8) is 0 Å². The third-order valence-corrected chi connectivity index (χ3v) is 2.79. The first-order valence-corrected chi connectivity index (χ1v) is 5.84. The van der Waals surface area contributed by atoms with Crippen LogP contribution in [0.15, 0.2) is 42.5 Å². The van der Waals surface area contributed by atoms with Crippen LogP contribution in [0.5, 0.6) is 0 Å². The number of benzene rings is 2. The summed E-state index contributed by atoms with van der Waals surface area (Å²) in [5.74, 6) is -0.971. The highest BCUT2D eigenvalue weighted by atomic mass is 16.2. The van der Waals surface area contributed by atoms with Gasteiger partial charge in [0.05, 0.1) is 16.9 Å². The van der Waals surface area contributed by atoms with E-state index in [1.54, 1.807) is 36.4 Å². The van der Waals surface area contributed by atoms with Gasteiger partial charge in [0.25, 0.3) is 5.91 Å². The SMILES string of the molecule is NC(=O)c1cccc(NC(=O)c2cccc(N)c2N)c1. The van der Waals surface area contributed by atoms with Crippen LogP contribution in [0.3, 0.4) is 0 Å². The van der Waals surface area contributed by atoms with Gasteiger partial charge in [-0.15, -0.1) is 0 Å². The van der Waals surface area contributed by atoms with E-state index in [4.69, 9.17) is 17.2 Å². The molecule has 0 aliphatic rings. The van der Waals surface area contributed by atoms with Crippen LogP contribution in [-0.4, -0.2) is 11.8 Å². The van der Waals surface area contributed by atoms with Crippen molar-refractivity contribution in [2.75, 3.05) is 16.8 Å². The van der Waals surface area contributed by atoms with Gasteiger partial charge in [0.15, 0.2) is 0 Å². The van der Waals surface area contributed by atoms with E-state index in [1.165, 1.54) is 6.07 Å². The minimum atomic E-state index is -0.565. The first-order valence-electron chi connectivity index (χ1n) is 5.84. The number of primary amides is 1. The summed E-state index contributed by atoms with van der Waals surface area (Å²) in [6, 6.07) is 11.1. The molecule has 0 saturated carbocycles. The highest BCUT2D eigenvalue weighted by Crippen LogP contribution is 2.21. The standard InChI is InChI=1S/C14H14N4O2/c15-11-6-2-5-10(12(11)16)14(20)18-9-4-1-3-8(7-9)13(17)19/h1-7H,15-16H2,(H2,17,19)(H,18,20). The van der Waals surface area contributed by atoms with Gasteiger partial charge in [0.1, 0.15) is 0 Å². The maximum Gasteiger partial charge on any atom is 0.257 e. The number of para-hydroxylation sites is 1. The molecule has 0 aromatic heterocycles. The third kappa shape index (κ3) is 2.69. The Morgan fingerprint density at radius 2 is 1.70 bits per heavy atom. The highest BCUT2D eigenvalue weighted by molar-refractivity contribution is 6.09. The van der Waals surface area contributed by atoms with Gasteiger partial charge in [-0.3, -0.25) is 9.59 Å². The Hall–Kier alpha value is -3.02. The Balaban J connectivity index is 2.26. The van der Waals surface area contributed by atoms with E-state index in [2.05, 4.69) is 5.32 Å². The molecule has 0 aliphatic carbocycles. The Bertz CT molecular complexity index is 683. The molecule has 6 nitrogen and oxygen atoms in total. The Morgan fingerprint density at radius 3 is 2.40 bits per heavy atom. The maximum absolute atomic E-state index is 12.1. The Kier molecular flexibility index (Phi) is 3.56. The summed E-state index contributed by atoms with van der Waals surface area (Å²) in [6.45, 7) is 0. The van der Waals surface area contributed by atoms with E-state index in [1.807, 2.05) is 0 Å². The molecule has 0 spiro atoms. The van der Waals surface area contributed by atoms with E-state index < -0.39 is 11.8 Å². The molecule has 2 amide bonds. The normalized spacial score (nSPS) is 10.0. The van der Waals surface area contributed by atoms with Crippen molar-refractivity contribution >= 4 is 28.9 Å². The van der Waals surface area contributed by atoms with E-state index in [0.29, 0.717) is 16.9 Å². The van der Waals surface area contributed by atoms with E-state index in [-0.39, 0.29) is 11.3 Å². The topological polar surface area (TPSA) is 124 Å². The number of carbonyl (C=O) groups is 2. The lowest BCUT2D eigenvalue weighted by Crippen LogP contribution is -2.16. The summed E-state index contributed by atoms with van der Waals surface area (Å²) < 4.78 is 0. The first-order chi connectivity index (χ1) is 9.49. The second kappa shape index (κ2) is 5.31. The largest absolute Gasteiger partial charge is 0.397 e. The van der Waals surface area contributed by atoms with E-state index >= 15 is 0 Å². The highest BCUT2D eigenvalue weighted by Gasteiger charge is 2.12. The lowest BCUT2D eigenvalue weighted by atomic mass is 10.1. The van der Waals surface area contributed by atoms with Crippen molar-refractivity contribution in [3.05, 3.63) is 53.6 Å². The molecule has 7 N–H and O–H groups in total. The molecule has 0 fully saturated rings. The van der Waals surface area contributed by atoms with Crippen molar-refractivity contribution in [2.24, 2.45) is 5.73 Å². The monoisotopic (exact) mass is 270 g/mol. The van der Waals surface area contributed by atoms with Gasteiger partial charge in [-0.05, 0) is 30.3 Å². The van der Waals surface area contributed by atoms with Crippen LogP contribution in [-0.2, 0) is 0 Å². The smallest absolute Gasteiger partial charge is 0.257 e. The average molecular weight is 270 g/mol. The molecule has 0 saturated heterocycles. The first kappa shape index (κ1) is 13.4. The average Bonchev–Trinajstić information content (AvgIpc) is 2.42. The number of rotatable bonds is 3. The molecule has 102 valence electrons. The summed E-state index contributed by atoms with van der Waals surface area (Å²) in [7, 11) is 0. The minimum absolute atomic E-state index is 0.219. The van der Waals surface area contributed by atoms with Gasteiger partial charge in [-0.2, -0.15) is 0 Å². The van der Waals surface area contributed by atoms with Crippen LogP contribution in [0.1, 0.15) is 20.7 Å². The van der Waals surface area contributed by atoms with Crippen LogP contribution in [0.2, 0.25) is 0 Å². The van der Waals surface area contributed by atoms with Gasteiger partial charge in [-0.1, -0.05) is 12.1 Å². The van der Waals surface area contributed by atoms with Crippen molar-refractivity contribution in [1.82, 2.24) is 0 Å². The predicted molar refractivity (Wildman–Crippen MR) is 78.2 cm³/mol. The van der Waals surface area contributed by atoms with Crippen LogP contribution in [0.25, 0.3) is 0 Å². The molecular formula is C14H14N4O2. The predicted octanol–water partition coefficient (Wildman–Crippen LogP) is 1.20. The molecule has 0 unspecified atom stereocenters. The fraction of sp³-hybridized carbons (Fsp3) is 0. The molecule has 2 rings (SSSR count). The molecule has 0 radical (unpaired) electrons. The molecular weight excluding hydrogens is 256 g/mol. The van der Waals surface area contributed by atoms with Crippen LogP contribution < -0.4 is 22.5 Å². The second-order valence-corrected chi connectivity index (χ2v) is 4.21. The van der Waals surface area contributed by atoms with Crippen LogP contribution >= 0.6 is 0 Å². The fourth-order valence-electron chi connectivity index (χ4n) is 1.73. The van der Waals surface area contributed by atoms with Gasteiger partial charge in [-0.25, -0.2) is 0 Å². The molecule has 0 heterocycles. The Labute approximate surface area is 115 Å². The van der Waals surface area contributed by atoms with E-state index in [9.17, 15) is 9.59 Å². The quantitative estimate of drug-likeness (QED) is 0.625. The van der Waals surface area contributed by atoms with Gasteiger partial charge >= 0.3 is 0 Å². The van der Waals surface area contributed by atoms with Crippen molar-refractivity contribution in [3.8, 4) is 0 Å². The van der Waals surface area contributed by atoms with Crippen molar-refractivity contribution < 1.29 is 9.59 Å². The zero-order valence-corrected chi connectivity index (χ0v) is 10.6. The number of nitrogens with two attached hydrogens (primary N) is 3. The zero-order chi connectivity index (χ0) is 14.7. The number of nitrogens with one attached hydrogen (secondary N) is 1. The van der Waals surface area contributed by atoms with Gasteiger partial charge in [0, 0.05) is 11.3 Å². The number of amides is 2. The fourth-order valence-corrected chi connectivity index (χ4v) is 1.73. The zero-order valence-electron chi connectivity index (χ0n) is 10.6. The molecule has 0 bridgehead atoms.